The minimum Gasteiger partial charge on any atom is -0.0858 e. The SMILES string of the molecule is CCCCCCCCC1(CI)CCC1. The maximum Gasteiger partial charge on any atom is 0.00520 e. The van der Waals surface area contributed by atoms with E-state index in [9.17, 15) is 0 Å². The molecule has 1 fully saturated rings. The first-order valence-corrected chi connectivity index (χ1v) is 7.91. The topological polar surface area (TPSA) is 0 Å². The summed E-state index contributed by atoms with van der Waals surface area (Å²) < 4.78 is 1.40. The summed E-state index contributed by atoms with van der Waals surface area (Å²) in [5.74, 6) is 0. The summed E-state index contributed by atoms with van der Waals surface area (Å²) in [7, 11) is 0. The minimum absolute atomic E-state index is 0.797. The van der Waals surface area contributed by atoms with Gasteiger partial charge in [-0.1, -0.05) is 74.5 Å². The Balaban J connectivity index is 1.92. The van der Waals surface area contributed by atoms with E-state index in [1.165, 1.54) is 68.6 Å². The van der Waals surface area contributed by atoms with Gasteiger partial charge < -0.3 is 0 Å². The van der Waals surface area contributed by atoms with Gasteiger partial charge in [0.2, 0.25) is 0 Å². The highest BCUT2D eigenvalue weighted by atomic mass is 127. The summed E-state index contributed by atoms with van der Waals surface area (Å²) in [5.41, 5.74) is 0.797. The maximum atomic E-state index is 2.59. The highest BCUT2D eigenvalue weighted by Crippen LogP contribution is 2.46. The molecule has 1 heteroatoms. The van der Waals surface area contributed by atoms with Crippen molar-refractivity contribution in [3.8, 4) is 0 Å². The Morgan fingerprint density at radius 2 is 1.64 bits per heavy atom. The van der Waals surface area contributed by atoms with Crippen LogP contribution in [0, 0.1) is 5.41 Å². The zero-order valence-corrected chi connectivity index (χ0v) is 11.8. The number of rotatable bonds is 8. The van der Waals surface area contributed by atoms with Crippen molar-refractivity contribution >= 4 is 22.6 Å². The van der Waals surface area contributed by atoms with Crippen LogP contribution in [-0.4, -0.2) is 4.43 Å². The fourth-order valence-corrected chi connectivity index (χ4v) is 3.55. The van der Waals surface area contributed by atoms with E-state index in [2.05, 4.69) is 29.5 Å². The molecule has 0 aliphatic heterocycles. The van der Waals surface area contributed by atoms with E-state index in [0.29, 0.717) is 0 Å². The number of alkyl halides is 1. The van der Waals surface area contributed by atoms with E-state index in [1.54, 1.807) is 0 Å². The van der Waals surface area contributed by atoms with Crippen LogP contribution in [0.3, 0.4) is 0 Å². The standard InChI is InChI=1S/C13H25I/c1-2-3-4-5-6-7-9-13(12-14)10-8-11-13/h2-12H2,1H3. The summed E-state index contributed by atoms with van der Waals surface area (Å²) >= 11 is 2.59. The molecule has 0 aromatic rings. The highest BCUT2D eigenvalue weighted by Gasteiger charge is 2.34. The molecule has 0 nitrogen and oxygen atoms in total. The Bertz CT molecular complexity index is 133. The maximum absolute atomic E-state index is 2.59. The van der Waals surface area contributed by atoms with E-state index in [0.717, 1.165) is 5.41 Å². The quantitative estimate of drug-likeness (QED) is 0.322. The Morgan fingerprint density at radius 1 is 1.00 bits per heavy atom. The molecule has 0 heterocycles. The lowest BCUT2D eigenvalue weighted by Crippen LogP contribution is -2.30. The van der Waals surface area contributed by atoms with Crippen LogP contribution in [0.25, 0.3) is 0 Å². The van der Waals surface area contributed by atoms with Gasteiger partial charge in [0.05, 0.1) is 0 Å². The number of hydrogen-bond acceptors (Lipinski definition) is 0. The molecule has 0 aromatic heterocycles. The van der Waals surface area contributed by atoms with Crippen molar-refractivity contribution in [2.45, 2.75) is 71.1 Å². The molecule has 1 rings (SSSR count). The van der Waals surface area contributed by atoms with Crippen molar-refractivity contribution in [2.24, 2.45) is 5.41 Å². The lowest BCUT2D eigenvalue weighted by atomic mass is 9.67. The summed E-state index contributed by atoms with van der Waals surface area (Å²) in [6, 6.07) is 0. The van der Waals surface area contributed by atoms with Crippen molar-refractivity contribution in [3.05, 3.63) is 0 Å². The van der Waals surface area contributed by atoms with Gasteiger partial charge in [-0.05, 0) is 24.7 Å². The molecule has 84 valence electrons. The molecule has 1 aliphatic rings. The molecular formula is C13H25I. The van der Waals surface area contributed by atoms with E-state index in [-0.39, 0.29) is 0 Å². The lowest BCUT2D eigenvalue weighted by molar-refractivity contribution is 0.152. The summed E-state index contributed by atoms with van der Waals surface area (Å²) in [5, 5.41) is 0. The van der Waals surface area contributed by atoms with Crippen molar-refractivity contribution in [1.82, 2.24) is 0 Å². The van der Waals surface area contributed by atoms with Crippen LogP contribution >= 0.6 is 22.6 Å². The van der Waals surface area contributed by atoms with Gasteiger partial charge in [-0.3, -0.25) is 0 Å². The first-order chi connectivity index (χ1) is 6.83. The molecule has 1 saturated carbocycles. The molecule has 0 aromatic carbocycles. The van der Waals surface area contributed by atoms with Crippen molar-refractivity contribution in [3.63, 3.8) is 0 Å². The van der Waals surface area contributed by atoms with Crippen LogP contribution < -0.4 is 0 Å². The Hall–Kier alpha value is 0.730. The second-order valence-electron chi connectivity index (χ2n) is 5.00. The van der Waals surface area contributed by atoms with E-state index >= 15 is 0 Å². The van der Waals surface area contributed by atoms with E-state index in [1.807, 2.05) is 0 Å². The van der Waals surface area contributed by atoms with E-state index in [4.69, 9.17) is 0 Å². The van der Waals surface area contributed by atoms with E-state index < -0.39 is 0 Å². The molecule has 0 atom stereocenters. The third-order valence-electron chi connectivity index (χ3n) is 3.76. The molecular weight excluding hydrogens is 283 g/mol. The van der Waals surface area contributed by atoms with Gasteiger partial charge >= 0.3 is 0 Å². The van der Waals surface area contributed by atoms with Crippen LogP contribution in [0.1, 0.15) is 71.1 Å². The predicted molar refractivity (Wildman–Crippen MR) is 73.2 cm³/mol. The van der Waals surface area contributed by atoms with Gasteiger partial charge in [-0.15, -0.1) is 0 Å². The zero-order chi connectivity index (χ0) is 10.3. The second kappa shape index (κ2) is 7.08. The van der Waals surface area contributed by atoms with Crippen LogP contribution in [0.15, 0.2) is 0 Å². The number of hydrogen-bond donors (Lipinski definition) is 0. The molecule has 0 N–H and O–H groups in total. The molecule has 0 amide bonds. The average molecular weight is 308 g/mol. The first kappa shape index (κ1) is 12.8. The van der Waals surface area contributed by atoms with Gasteiger partial charge in [0.25, 0.3) is 0 Å². The van der Waals surface area contributed by atoms with Gasteiger partial charge in [0.15, 0.2) is 0 Å². The number of unbranched alkanes of at least 4 members (excludes halogenated alkanes) is 5. The molecule has 1 aliphatic carbocycles. The summed E-state index contributed by atoms with van der Waals surface area (Å²) in [4.78, 5) is 0. The molecule has 0 radical (unpaired) electrons. The third kappa shape index (κ3) is 4.08. The molecule has 0 unspecified atom stereocenters. The first-order valence-electron chi connectivity index (χ1n) is 6.39. The monoisotopic (exact) mass is 308 g/mol. The van der Waals surface area contributed by atoms with Gasteiger partial charge in [0, 0.05) is 4.43 Å². The number of halogens is 1. The Morgan fingerprint density at radius 3 is 2.14 bits per heavy atom. The predicted octanol–water partition coefficient (Wildman–Crippen LogP) is 5.34. The Kier molecular flexibility index (Phi) is 6.47. The Labute approximate surface area is 103 Å². The smallest absolute Gasteiger partial charge is 0.00520 e. The lowest BCUT2D eigenvalue weighted by Gasteiger charge is -2.40. The fraction of sp³-hybridized carbons (Fsp3) is 1.00. The van der Waals surface area contributed by atoms with Crippen LogP contribution in [-0.2, 0) is 0 Å². The summed E-state index contributed by atoms with van der Waals surface area (Å²) in [6.07, 6.45) is 14.8. The molecule has 0 saturated heterocycles. The molecule has 0 bridgehead atoms. The van der Waals surface area contributed by atoms with Crippen molar-refractivity contribution < 1.29 is 0 Å². The molecule has 0 spiro atoms. The summed E-state index contributed by atoms with van der Waals surface area (Å²) in [6.45, 7) is 2.29. The largest absolute Gasteiger partial charge is 0.0858 e. The second-order valence-corrected chi connectivity index (χ2v) is 5.77. The average Bonchev–Trinajstić information content (AvgIpc) is 2.15. The van der Waals surface area contributed by atoms with Gasteiger partial charge in [-0.25, -0.2) is 0 Å². The highest BCUT2D eigenvalue weighted by molar-refractivity contribution is 14.1. The van der Waals surface area contributed by atoms with Crippen LogP contribution in [0.4, 0.5) is 0 Å². The van der Waals surface area contributed by atoms with Gasteiger partial charge in [-0.2, -0.15) is 0 Å². The minimum atomic E-state index is 0.797. The van der Waals surface area contributed by atoms with Crippen molar-refractivity contribution in [2.75, 3.05) is 4.43 Å². The van der Waals surface area contributed by atoms with Crippen molar-refractivity contribution in [1.29, 1.82) is 0 Å². The van der Waals surface area contributed by atoms with Gasteiger partial charge in [0.1, 0.15) is 0 Å². The molecule has 14 heavy (non-hydrogen) atoms. The zero-order valence-electron chi connectivity index (χ0n) is 9.66. The fourth-order valence-electron chi connectivity index (χ4n) is 2.41. The third-order valence-corrected chi connectivity index (χ3v) is 5.38. The van der Waals surface area contributed by atoms with Crippen LogP contribution in [0.2, 0.25) is 0 Å². The normalized spacial score (nSPS) is 19.3. The van der Waals surface area contributed by atoms with Crippen LogP contribution in [0.5, 0.6) is 0 Å².